The molecule has 0 saturated heterocycles. The van der Waals surface area contributed by atoms with Crippen molar-refractivity contribution < 1.29 is 19.1 Å². The lowest BCUT2D eigenvalue weighted by molar-refractivity contribution is 0.0696. The number of halogens is 2. The van der Waals surface area contributed by atoms with E-state index >= 15 is 0 Å². The van der Waals surface area contributed by atoms with E-state index in [9.17, 15) is 14.0 Å². The highest BCUT2D eigenvalue weighted by molar-refractivity contribution is 9.10. The highest BCUT2D eigenvalue weighted by Crippen LogP contribution is 2.24. The van der Waals surface area contributed by atoms with Gasteiger partial charge in [0, 0.05) is 10.7 Å². The molecule has 2 rings (SSSR count). The third-order valence-electron chi connectivity index (χ3n) is 2.45. The molecular formula is C13H8BrFN2O3. The maximum atomic E-state index is 12.7. The van der Waals surface area contributed by atoms with Crippen molar-refractivity contribution in [3.8, 4) is 0 Å². The summed E-state index contributed by atoms with van der Waals surface area (Å²) in [5.74, 6) is -2.21. The number of carbonyl (C=O) groups is 2. The number of anilines is 1. The van der Waals surface area contributed by atoms with E-state index in [1.807, 2.05) is 0 Å². The number of aromatic carboxylic acids is 1. The molecule has 2 aromatic rings. The van der Waals surface area contributed by atoms with Crippen LogP contribution in [-0.4, -0.2) is 22.0 Å². The number of benzene rings is 1. The van der Waals surface area contributed by atoms with Crippen molar-refractivity contribution in [2.75, 3.05) is 5.32 Å². The average molecular weight is 339 g/mol. The minimum Gasteiger partial charge on any atom is -0.478 e. The minimum absolute atomic E-state index is 0.0957. The molecular weight excluding hydrogens is 331 g/mol. The number of carbonyl (C=O) groups excluding carboxylic acids is 1. The van der Waals surface area contributed by atoms with Gasteiger partial charge in [-0.15, -0.1) is 0 Å². The van der Waals surface area contributed by atoms with E-state index in [0.717, 1.165) is 12.3 Å². The number of carboxylic acids is 1. The van der Waals surface area contributed by atoms with Gasteiger partial charge in [-0.25, -0.2) is 9.78 Å². The zero-order chi connectivity index (χ0) is 14.7. The van der Waals surface area contributed by atoms with Crippen LogP contribution in [0.5, 0.6) is 0 Å². The number of pyridine rings is 1. The van der Waals surface area contributed by atoms with Gasteiger partial charge in [-0.2, -0.15) is 4.39 Å². The largest absolute Gasteiger partial charge is 0.478 e. The standard InChI is InChI=1S/C13H8BrFN2O3/c14-9-5-7(13(19)20)1-3-10(9)17-12(18)8-2-4-11(15)16-6-8/h1-6H,(H,17,18)(H,19,20). The lowest BCUT2D eigenvalue weighted by Crippen LogP contribution is -2.13. The molecule has 20 heavy (non-hydrogen) atoms. The maximum absolute atomic E-state index is 12.7. The van der Waals surface area contributed by atoms with Crippen LogP contribution in [0.25, 0.3) is 0 Å². The molecule has 5 nitrogen and oxygen atoms in total. The fourth-order valence-electron chi connectivity index (χ4n) is 1.45. The molecule has 0 aliphatic heterocycles. The normalized spacial score (nSPS) is 10.1. The number of aromatic nitrogens is 1. The van der Waals surface area contributed by atoms with Crippen LogP contribution in [0, 0.1) is 5.95 Å². The highest BCUT2D eigenvalue weighted by Gasteiger charge is 2.11. The summed E-state index contributed by atoms with van der Waals surface area (Å²) in [6.45, 7) is 0. The number of amides is 1. The number of hydrogen-bond donors (Lipinski definition) is 2. The van der Waals surface area contributed by atoms with E-state index in [0.29, 0.717) is 10.2 Å². The highest BCUT2D eigenvalue weighted by atomic mass is 79.9. The molecule has 0 fully saturated rings. The fourth-order valence-corrected chi connectivity index (χ4v) is 1.93. The first-order valence-electron chi connectivity index (χ1n) is 5.43. The summed E-state index contributed by atoms with van der Waals surface area (Å²) in [4.78, 5) is 26.1. The second-order valence-electron chi connectivity index (χ2n) is 3.82. The van der Waals surface area contributed by atoms with Crippen LogP contribution in [0.3, 0.4) is 0 Å². The minimum atomic E-state index is -1.06. The van der Waals surface area contributed by atoms with Crippen molar-refractivity contribution >= 4 is 33.5 Å². The average Bonchev–Trinajstić information content (AvgIpc) is 2.41. The van der Waals surface area contributed by atoms with Gasteiger partial charge >= 0.3 is 5.97 Å². The third-order valence-corrected chi connectivity index (χ3v) is 3.11. The van der Waals surface area contributed by atoms with Crippen LogP contribution >= 0.6 is 15.9 Å². The quantitative estimate of drug-likeness (QED) is 0.843. The van der Waals surface area contributed by atoms with Gasteiger partial charge in [0.2, 0.25) is 5.95 Å². The number of rotatable bonds is 3. The topological polar surface area (TPSA) is 79.3 Å². The molecule has 102 valence electrons. The van der Waals surface area contributed by atoms with Gasteiger partial charge < -0.3 is 10.4 Å². The predicted molar refractivity (Wildman–Crippen MR) is 73.2 cm³/mol. The molecule has 1 aromatic heterocycles. The molecule has 0 aliphatic rings. The Bertz CT molecular complexity index is 674. The van der Waals surface area contributed by atoms with Gasteiger partial charge in [-0.1, -0.05) is 0 Å². The summed E-state index contributed by atoms with van der Waals surface area (Å²) < 4.78 is 13.1. The van der Waals surface area contributed by atoms with Gasteiger partial charge in [0.15, 0.2) is 0 Å². The monoisotopic (exact) mass is 338 g/mol. The summed E-state index contributed by atoms with van der Waals surface area (Å²) in [5, 5.41) is 11.4. The van der Waals surface area contributed by atoms with Crippen molar-refractivity contribution in [2.45, 2.75) is 0 Å². The molecule has 1 aromatic carbocycles. The zero-order valence-electron chi connectivity index (χ0n) is 9.93. The Morgan fingerprint density at radius 3 is 2.45 bits per heavy atom. The van der Waals surface area contributed by atoms with Crippen molar-refractivity contribution in [3.63, 3.8) is 0 Å². The van der Waals surface area contributed by atoms with Crippen LogP contribution < -0.4 is 5.32 Å². The van der Waals surface area contributed by atoms with Crippen LogP contribution in [0.15, 0.2) is 41.0 Å². The summed E-state index contributed by atoms with van der Waals surface area (Å²) in [6, 6.07) is 6.59. The number of nitrogens with one attached hydrogen (secondary N) is 1. The summed E-state index contributed by atoms with van der Waals surface area (Å²) in [7, 11) is 0. The van der Waals surface area contributed by atoms with Gasteiger partial charge in [-0.3, -0.25) is 4.79 Å². The molecule has 0 bridgehead atoms. The molecule has 0 radical (unpaired) electrons. The smallest absolute Gasteiger partial charge is 0.335 e. The van der Waals surface area contributed by atoms with Crippen LogP contribution in [0.2, 0.25) is 0 Å². The molecule has 2 N–H and O–H groups in total. The molecule has 7 heteroatoms. The number of nitrogens with zero attached hydrogens (tertiary/aromatic N) is 1. The summed E-state index contributed by atoms with van der Waals surface area (Å²) in [6.07, 6.45) is 1.12. The Morgan fingerprint density at radius 1 is 1.20 bits per heavy atom. The Hall–Kier alpha value is -2.28. The van der Waals surface area contributed by atoms with Gasteiger partial charge in [0.05, 0.1) is 16.8 Å². The van der Waals surface area contributed by atoms with E-state index in [-0.39, 0.29) is 11.1 Å². The first-order valence-corrected chi connectivity index (χ1v) is 6.22. The van der Waals surface area contributed by atoms with Crippen molar-refractivity contribution in [1.29, 1.82) is 0 Å². The Balaban J connectivity index is 2.19. The number of hydrogen-bond acceptors (Lipinski definition) is 3. The third kappa shape index (κ3) is 3.18. The number of carboxylic acid groups (broad SMARTS) is 1. The first-order chi connectivity index (χ1) is 9.47. The van der Waals surface area contributed by atoms with E-state index < -0.39 is 17.8 Å². The Kier molecular flexibility index (Phi) is 4.09. The van der Waals surface area contributed by atoms with Crippen molar-refractivity contribution in [1.82, 2.24) is 4.98 Å². The van der Waals surface area contributed by atoms with Crippen molar-refractivity contribution in [3.05, 3.63) is 58.1 Å². The van der Waals surface area contributed by atoms with Gasteiger partial charge in [0.25, 0.3) is 5.91 Å². The van der Waals surface area contributed by atoms with E-state index in [4.69, 9.17) is 5.11 Å². The molecule has 0 atom stereocenters. The predicted octanol–water partition coefficient (Wildman–Crippen LogP) is 2.93. The first kappa shape index (κ1) is 14.1. The van der Waals surface area contributed by atoms with Crippen molar-refractivity contribution in [2.24, 2.45) is 0 Å². The second-order valence-corrected chi connectivity index (χ2v) is 4.68. The SMILES string of the molecule is O=C(O)c1ccc(NC(=O)c2ccc(F)nc2)c(Br)c1. The van der Waals surface area contributed by atoms with Crippen LogP contribution in [0.1, 0.15) is 20.7 Å². The van der Waals surface area contributed by atoms with E-state index in [1.54, 1.807) is 0 Å². The lowest BCUT2D eigenvalue weighted by Gasteiger charge is -2.08. The maximum Gasteiger partial charge on any atom is 0.335 e. The van der Waals surface area contributed by atoms with E-state index in [2.05, 4.69) is 26.2 Å². The van der Waals surface area contributed by atoms with Crippen LogP contribution in [-0.2, 0) is 0 Å². The molecule has 0 saturated carbocycles. The zero-order valence-corrected chi connectivity index (χ0v) is 11.5. The Morgan fingerprint density at radius 2 is 1.90 bits per heavy atom. The Labute approximate surface area is 121 Å². The molecule has 0 aliphatic carbocycles. The fraction of sp³-hybridized carbons (Fsp3) is 0. The molecule has 1 heterocycles. The second kappa shape index (κ2) is 5.79. The van der Waals surface area contributed by atoms with Crippen LogP contribution in [0.4, 0.5) is 10.1 Å². The summed E-state index contributed by atoms with van der Waals surface area (Å²) >= 11 is 3.17. The van der Waals surface area contributed by atoms with E-state index in [1.165, 1.54) is 24.3 Å². The summed E-state index contributed by atoms with van der Waals surface area (Å²) in [5.41, 5.74) is 0.697. The molecule has 0 spiro atoms. The lowest BCUT2D eigenvalue weighted by atomic mass is 10.2. The van der Waals surface area contributed by atoms with Gasteiger partial charge in [0.1, 0.15) is 0 Å². The van der Waals surface area contributed by atoms with Gasteiger partial charge in [-0.05, 0) is 46.3 Å². The molecule has 1 amide bonds. The molecule has 0 unspecified atom stereocenters.